The van der Waals surface area contributed by atoms with Crippen molar-refractivity contribution in [2.24, 2.45) is 7.05 Å². The highest BCUT2D eigenvalue weighted by atomic mass is 16.5. The van der Waals surface area contributed by atoms with Crippen molar-refractivity contribution >= 4 is 17.3 Å². The SMILES string of the molecule is CCCOc1cccc2c1NC(=O)C(c1cnn(C)c1)N2. The van der Waals surface area contributed by atoms with Crippen LogP contribution in [0, 0.1) is 0 Å². The molecule has 0 spiro atoms. The number of fused-ring (bicyclic) bond motifs is 1. The van der Waals surface area contributed by atoms with Gasteiger partial charge in [-0.25, -0.2) is 0 Å². The zero-order valence-corrected chi connectivity index (χ0v) is 12.1. The van der Waals surface area contributed by atoms with E-state index in [0.29, 0.717) is 18.0 Å². The van der Waals surface area contributed by atoms with Crippen molar-refractivity contribution in [3.05, 3.63) is 36.2 Å². The number of ether oxygens (including phenoxy) is 1. The number of hydrogen-bond donors (Lipinski definition) is 2. The number of nitrogens with zero attached hydrogens (tertiary/aromatic N) is 2. The first-order chi connectivity index (χ1) is 10.2. The van der Waals surface area contributed by atoms with E-state index in [1.54, 1.807) is 10.9 Å². The molecule has 1 unspecified atom stereocenters. The number of carbonyl (C=O) groups excluding carboxylic acids is 1. The van der Waals surface area contributed by atoms with Crippen molar-refractivity contribution in [3.63, 3.8) is 0 Å². The molecular weight excluding hydrogens is 268 g/mol. The highest BCUT2D eigenvalue weighted by Gasteiger charge is 2.29. The summed E-state index contributed by atoms with van der Waals surface area (Å²) in [6.07, 6.45) is 4.45. The summed E-state index contributed by atoms with van der Waals surface area (Å²) < 4.78 is 7.36. The first-order valence-electron chi connectivity index (χ1n) is 7.01. The van der Waals surface area contributed by atoms with Gasteiger partial charge in [-0.2, -0.15) is 5.10 Å². The number of anilines is 2. The van der Waals surface area contributed by atoms with E-state index >= 15 is 0 Å². The summed E-state index contributed by atoms with van der Waals surface area (Å²) >= 11 is 0. The molecule has 110 valence electrons. The van der Waals surface area contributed by atoms with Gasteiger partial charge in [0.25, 0.3) is 5.91 Å². The van der Waals surface area contributed by atoms with Crippen molar-refractivity contribution in [1.29, 1.82) is 0 Å². The van der Waals surface area contributed by atoms with Crippen LogP contribution < -0.4 is 15.4 Å². The molecule has 1 amide bonds. The van der Waals surface area contributed by atoms with Gasteiger partial charge in [-0.1, -0.05) is 13.0 Å². The lowest BCUT2D eigenvalue weighted by atomic mass is 10.1. The predicted molar refractivity (Wildman–Crippen MR) is 80.4 cm³/mol. The second-order valence-corrected chi connectivity index (χ2v) is 5.04. The Kier molecular flexibility index (Phi) is 3.51. The molecule has 1 atom stereocenters. The van der Waals surface area contributed by atoms with Crippen molar-refractivity contribution in [1.82, 2.24) is 9.78 Å². The van der Waals surface area contributed by atoms with Gasteiger partial charge in [0.05, 0.1) is 18.5 Å². The maximum absolute atomic E-state index is 12.3. The van der Waals surface area contributed by atoms with E-state index in [-0.39, 0.29) is 5.91 Å². The van der Waals surface area contributed by atoms with E-state index < -0.39 is 6.04 Å². The second kappa shape index (κ2) is 5.47. The van der Waals surface area contributed by atoms with E-state index in [9.17, 15) is 4.79 Å². The zero-order valence-electron chi connectivity index (χ0n) is 12.1. The van der Waals surface area contributed by atoms with Crippen LogP contribution in [-0.2, 0) is 11.8 Å². The van der Waals surface area contributed by atoms with Crippen LogP contribution in [0.1, 0.15) is 24.9 Å². The Balaban J connectivity index is 1.90. The standard InChI is InChI=1S/C15H18N4O2/c1-3-7-21-12-6-4-5-11-14(12)18-15(20)13(17-11)10-8-16-19(2)9-10/h4-6,8-9,13,17H,3,7H2,1-2H3,(H,18,20). The van der Waals surface area contributed by atoms with Crippen LogP contribution in [-0.4, -0.2) is 22.3 Å². The third-order valence-electron chi connectivity index (χ3n) is 3.36. The second-order valence-electron chi connectivity index (χ2n) is 5.04. The fraction of sp³-hybridized carbons (Fsp3) is 0.333. The smallest absolute Gasteiger partial charge is 0.251 e. The fourth-order valence-electron chi connectivity index (χ4n) is 2.35. The number of hydrogen-bond acceptors (Lipinski definition) is 4. The van der Waals surface area contributed by atoms with Crippen molar-refractivity contribution in [2.75, 3.05) is 17.2 Å². The van der Waals surface area contributed by atoms with E-state index in [4.69, 9.17) is 4.74 Å². The number of para-hydroxylation sites is 1. The summed E-state index contributed by atoms with van der Waals surface area (Å²) in [6, 6.07) is 5.26. The molecule has 2 aromatic rings. The van der Waals surface area contributed by atoms with Crippen LogP contribution in [0.15, 0.2) is 30.6 Å². The van der Waals surface area contributed by atoms with Crippen LogP contribution in [0.4, 0.5) is 11.4 Å². The predicted octanol–water partition coefficient (Wildman–Crippen LogP) is 2.31. The molecule has 2 N–H and O–H groups in total. The number of amides is 1. The Morgan fingerprint density at radius 3 is 3.00 bits per heavy atom. The molecule has 0 bridgehead atoms. The molecule has 0 fully saturated rings. The fourth-order valence-corrected chi connectivity index (χ4v) is 2.35. The molecule has 0 aliphatic carbocycles. The normalized spacial score (nSPS) is 16.9. The van der Waals surface area contributed by atoms with Crippen LogP contribution in [0.2, 0.25) is 0 Å². The van der Waals surface area contributed by atoms with Gasteiger partial charge in [0, 0.05) is 18.8 Å². The number of rotatable bonds is 4. The van der Waals surface area contributed by atoms with Gasteiger partial charge in [-0.15, -0.1) is 0 Å². The number of aryl methyl sites for hydroxylation is 1. The summed E-state index contributed by atoms with van der Waals surface area (Å²) in [6.45, 7) is 2.67. The van der Waals surface area contributed by atoms with Gasteiger partial charge in [0.1, 0.15) is 17.5 Å². The first-order valence-corrected chi connectivity index (χ1v) is 7.01. The quantitative estimate of drug-likeness (QED) is 0.905. The number of nitrogens with one attached hydrogen (secondary N) is 2. The molecule has 1 aromatic heterocycles. The first kappa shape index (κ1) is 13.5. The largest absolute Gasteiger partial charge is 0.491 e. The molecule has 1 aromatic carbocycles. The molecule has 1 aliphatic rings. The van der Waals surface area contributed by atoms with Crippen molar-refractivity contribution < 1.29 is 9.53 Å². The molecular formula is C15H18N4O2. The van der Waals surface area contributed by atoms with Gasteiger partial charge < -0.3 is 15.4 Å². The Labute approximate surface area is 123 Å². The monoisotopic (exact) mass is 286 g/mol. The van der Waals surface area contributed by atoms with Gasteiger partial charge >= 0.3 is 0 Å². The van der Waals surface area contributed by atoms with E-state index in [2.05, 4.69) is 15.7 Å². The van der Waals surface area contributed by atoms with Crippen LogP contribution in [0.3, 0.4) is 0 Å². The molecule has 3 rings (SSSR count). The van der Waals surface area contributed by atoms with Gasteiger partial charge in [-0.3, -0.25) is 9.48 Å². The zero-order chi connectivity index (χ0) is 14.8. The number of carbonyl (C=O) groups is 1. The molecule has 0 radical (unpaired) electrons. The molecule has 6 heteroatoms. The summed E-state index contributed by atoms with van der Waals surface area (Å²) in [7, 11) is 1.83. The van der Waals surface area contributed by atoms with Gasteiger partial charge in [0.15, 0.2) is 0 Å². The highest BCUT2D eigenvalue weighted by molar-refractivity contribution is 6.05. The van der Waals surface area contributed by atoms with Gasteiger partial charge in [-0.05, 0) is 18.6 Å². The maximum Gasteiger partial charge on any atom is 0.251 e. The summed E-state index contributed by atoms with van der Waals surface area (Å²) in [4.78, 5) is 12.3. The number of aromatic nitrogens is 2. The van der Waals surface area contributed by atoms with Crippen LogP contribution in [0.5, 0.6) is 5.75 Å². The summed E-state index contributed by atoms with van der Waals surface area (Å²) in [5, 5.41) is 10.3. The molecule has 2 heterocycles. The Morgan fingerprint density at radius 2 is 2.29 bits per heavy atom. The Bertz CT molecular complexity index is 665. The molecule has 1 aliphatic heterocycles. The lowest BCUT2D eigenvalue weighted by Crippen LogP contribution is -2.32. The Morgan fingerprint density at radius 1 is 1.43 bits per heavy atom. The third kappa shape index (κ3) is 2.56. The van der Waals surface area contributed by atoms with Crippen LogP contribution >= 0.6 is 0 Å². The highest BCUT2D eigenvalue weighted by Crippen LogP contribution is 2.38. The van der Waals surface area contributed by atoms with E-state index in [0.717, 1.165) is 17.7 Å². The molecule has 0 saturated carbocycles. The Hall–Kier alpha value is -2.50. The van der Waals surface area contributed by atoms with Crippen molar-refractivity contribution in [3.8, 4) is 5.75 Å². The average Bonchev–Trinajstić information content (AvgIpc) is 2.91. The van der Waals surface area contributed by atoms with E-state index in [1.807, 2.05) is 38.4 Å². The minimum absolute atomic E-state index is 0.108. The lowest BCUT2D eigenvalue weighted by Gasteiger charge is -2.27. The molecule has 21 heavy (non-hydrogen) atoms. The lowest BCUT2D eigenvalue weighted by molar-refractivity contribution is -0.117. The maximum atomic E-state index is 12.3. The van der Waals surface area contributed by atoms with Crippen LogP contribution in [0.25, 0.3) is 0 Å². The topological polar surface area (TPSA) is 68.2 Å². The number of benzene rings is 1. The minimum Gasteiger partial charge on any atom is -0.491 e. The summed E-state index contributed by atoms with van der Waals surface area (Å²) in [5.74, 6) is 0.586. The minimum atomic E-state index is -0.437. The van der Waals surface area contributed by atoms with Crippen molar-refractivity contribution in [2.45, 2.75) is 19.4 Å². The third-order valence-corrected chi connectivity index (χ3v) is 3.36. The van der Waals surface area contributed by atoms with E-state index in [1.165, 1.54) is 0 Å². The van der Waals surface area contributed by atoms with Gasteiger partial charge in [0.2, 0.25) is 0 Å². The molecule has 6 nitrogen and oxygen atoms in total. The molecule has 0 saturated heterocycles. The average molecular weight is 286 g/mol. The summed E-state index contributed by atoms with van der Waals surface area (Å²) in [5.41, 5.74) is 2.40.